The molecule has 0 unspecified atom stereocenters. The van der Waals surface area contributed by atoms with Gasteiger partial charge < -0.3 is 14.6 Å². The number of carboxylic acids is 1. The summed E-state index contributed by atoms with van der Waals surface area (Å²) < 4.78 is 8.88. The summed E-state index contributed by atoms with van der Waals surface area (Å²) in [6, 6.07) is 0. The van der Waals surface area contributed by atoms with Crippen molar-refractivity contribution >= 4 is 23.7 Å². The van der Waals surface area contributed by atoms with E-state index in [2.05, 4.69) is 4.74 Å². The molecule has 0 saturated carbocycles. The maximum absolute atomic E-state index is 11.2. The maximum Gasteiger partial charge on any atom is 0.319 e. The third kappa shape index (κ3) is 3.38. The molecule has 0 aromatic heterocycles. The number of esters is 1. The number of aliphatic carboxylic acids is 1. The Hall–Kier alpha value is -0.750. The maximum atomic E-state index is 11.2. The van der Waals surface area contributed by atoms with Gasteiger partial charge in [-0.15, -0.1) is 11.8 Å². The third-order valence-electron chi connectivity index (χ3n) is 2.60. The van der Waals surface area contributed by atoms with E-state index in [0.717, 1.165) is 0 Å². The molecular formula is C10H16O5S. The zero-order valence-corrected chi connectivity index (χ0v) is 10.0. The van der Waals surface area contributed by atoms with Crippen LogP contribution in [0.1, 0.15) is 19.3 Å². The van der Waals surface area contributed by atoms with Crippen molar-refractivity contribution in [2.75, 3.05) is 26.1 Å². The monoisotopic (exact) mass is 248 g/mol. The van der Waals surface area contributed by atoms with Crippen LogP contribution in [0.4, 0.5) is 0 Å². The predicted octanol–water partition coefficient (Wildman–Crippen LogP) is 0.916. The number of hydrogen-bond acceptors (Lipinski definition) is 5. The van der Waals surface area contributed by atoms with Gasteiger partial charge in [-0.1, -0.05) is 0 Å². The lowest BCUT2D eigenvalue weighted by Crippen LogP contribution is -2.41. The van der Waals surface area contributed by atoms with Crippen molar-refractivity contribution in [2.24, 2.45) is 0 Å². The van der Waals surface area contributed by atoms with E-state index in [4.69, 9.17) is 4.74 Å². The second-order valence-corrected chi connectivity index (χ2v) is 5.06. The molecule has 1 saturated heterocycles. The van der Waals surface area contributed by atoms with Crippen molar-refractivity contribution in [2.45, 2.75) is 24.0 Å². The second-order valence-electron chi connectivity index (χ2n) is 3.59. The Morgan fingerprint density at radius 1 is 1.44 bits per heavy atom. The molecule has 0 amide bonds. The lowest BCUT2D eigenvalue weighted by Gasteiger charge is -2.32. The van der Waals surface area contributed by atoms with Crippen LogP contribution in [-0.4, -0.2) is 47.9 Å². The highest BCUT2D eigenvalue weighted by Gasteiger charge is 2.40. The van der Waals surface area contributed by atoms with Gasteiger partial charge in [-0.05, 0) is 12.8 Å². The van der Waals surface area contributed by atoms with Crippen LogP contribution in [-0.2, 0) is 19.1 Å². The van der Waals surface area contributed by atoms with Gasteiger partial charge >= 0.3 is 11.9 Å². The lowest BCUT2D eigenvalue weighted by atomic mass is 9.99. The number of carbonyl (C=O) groups excluding carboxylic acids is 1. The molecule has 0 aromatic carbocycles. The van der Waals surface area contributed by atoms with E-state index in [9.17, 15) is 14.7 Å². The minimum atomic E-state index is -0.814. The summed E-state index contributed by atoms with van der Waals surface area (Å²) in [5.74, 6) is -0.648. The molecule has 0 aromatic rings. The van der Waals surface area contributed by atoms with Gasteiger partial charge in [-0.3, -0.25) is 9.59 Å². The van der Waals surface area contributed by atoms with E-state index >= 15 is 0 Å². The van der Waals surface area contributed by atoms with Crippen molar-refractivity contribution < 1.29 is 24.2 Å². The van der Waals surface area contributed by atoms with E-state index in [-0.39, 0.29) is 12.4 Å². The molecule has 6 heteroatoms. The van der Waals surface area contributed by atoms with Crippen molar-refractivity contribution in [3.8, 4) is 0 Å². The highest BCUT2D eigenvalue weighted by atomic mass is 32.2. The van der Waals surface area contributed by atoms with E-state index in [1.54, 1.807) is 0 Å². The second kappa shape index (κ2) is 6.10. The standard InChI is InChI=1S/C10H16O5S/c1-14-8(11)2-7-16-10(9(12)13)3-5-15-6-4-10/h2-7H2,1H3,(H,12,13). The van der Waals surface area contributed by atoms with Crippen LogP contribution in [0.15, 0.2) is 0 Å². The van der Waals surface area contributed by atoms with Crippen LogP contribution in [0.3, 0.4) is 0 Å². The summed E-state index contributed by atoms with van der Waals surface area (Å²) in [5, 5.41) is 9.22. The van der Waals surface area contributed by atoms with Crippen LogP contribution >= 0.6 is 11.8 Å². The van der Waals surface area contributed by atoms with E-state index in [1.165, 1.54) is 18.9 Å². The van der Waals surface area contributed by atoms with Crippen LogP contribution in [0.5, 0.6) is 0 Å². The Labute approximate surface area is 98.5 Å². The van der Waals surface area contributed by atoms with E-state index in [0.29, 0.717) is 31.8 Å². The largest absolute Gasteiger partial charge is 0.480 e. The molecule has 92 valence electrons. The molecule has 0 atom stereocenters. The summed E-state index contributed by atoms with van der Waals surface area (Å²) in [7, 11) is 1.33. The first kappa shape index (κ1) is 13.3. The highest BCUT2D eigenvalue weighted by Crippen LogP contribution is 2.36. The summed E-state index contributed by atoms with van der Waals surface area (Å²) in [5.41, 5.74) is 0. The lowest BCUT2D eigenvalue weighted by molar-refractivity contribution is -0.143. The smallest absolute Gasteiger partial charge is 0.319 e. The van der Waals surface area contributed by atoms with Crippen LogP contribution < -0.4 is 0 Å². The molecule has 1 rings (SSSR count). The van der Waals surface area contributed by atoms with Crippen LogP contribution in [0.2, 0.25) is 0 Å². The van der Waals surface area contributed by atoms with Crippen LogP contribution in [0.25, 0.3) is 0 Å². The fourth-order valence-electron chi connectivity index (χ4n) is 1.55. The van der Waals surface area contributed by atoms with Gasteiger partial charge in [-0.25, -0.2) is 0 Å². The predicted molar refractivity (Wildman–Crippen MR) is 59.5 cm³/mol. The molecule has 0 spiro atoms. The fourth-order valence-corrected chi connectivity index (χ4v) is 2.79. The Balaban J connectivity index is 2.45. The van der Waals surface area contributed by atoms with E-state index in [1.807, 2.05) is 0 Å². The first-order valence-corrected chi connectivity index (χ1v) is 6.11. The van der Waals surface area contributed by atoms with E-state index < -0.39 is 10.7 Å². The Bertz CT molecular complexity index is 260. The van der Waals surface area contributed by atoms with Gasteiger partial charge in [0.1, 0.15) is 4.75 Å². The Kier molecular flexibility index (Phi) is 5.08. The van der Waals surface area contributed by atoms with Gasteiger partial charge in [0.15, 0.2) is 0 Å². The number of ether oxygens (including phenoxy) is 2. The SMILES string of the molecule is COC(=O)CCSC1(C(=O)O)CCOCC1. The first-order chi connectivity index (χ1) is 7.60. The quantitative estimate of drug-likeness (QED) is 0.729. The van der Waals surface area contributed by atoms with Gasteiger partial charge in [0.25, 0.3) is 0 Å². The molecule has 0 bridgehead atoms. The minimum absolute atomic E-state index is 0.247. The summed E-state index contributed by atoms with van der Waals surface area (Å²) in [4.78, 5) is 22.1. The summed E-state index contributed by atoms with van der Waals surface area (Å²) in [6.45, 7) is 0.940. The molecule has 1 aliphatic heterocycles. The van der Waals surface area contributed by atoms with Crippen molar-refractivity contribution in [3.63, 3.8) is 0 Å². The summed E-state index contributed by atoms with van der Waals surface area (Å²) in [6.07, 6.45) is 1.24. The number of thioether (sulfide) groups is 1. The molecule has 0 aliphatic carbocycles. The Morgan fingerprint density at radius 2 is 2.06 bits per heavy atom. The first-order valence-electron chi connectivity index (χ1n) is 5.13. The highest BCUT2D eigenvalue weighted by molar-refractivity contribution is 8.01. The zero-order valence-electron chi connectivity index (χ0n) is 9.23. The van der Waals surface area contributed by atoms with Crippen molar-refractivity contribution in [1.29, 1.82) is 0 Å². The number of carboxylic acid groups (broad SMARTS) is 1. The average molecular weight is 248 g/mol. The zero-order chi connectivity index (χ0) is 12.0. The molecule has 1 N–H and O–H groups in total. The van der Waals surface area contributed by atoms with Gasteiger partial charge in [0.2, 0.25) is 0 Å². The molecule has 1 aliphatic rings. The van der Waals surface area contributed by atoms with Gasteiger partial charge in [-0.2, -0.15) is 0 Å². The van der Waals surface area contributed by atoms with Crippen LogP contribution in [0, 0.1) is 0 Å². The van der Waals surface area contributed by atoms with Gasteiger partial charge in [0, 0.05) is 19.0 Å². The average Bonchev–Trinajstić information content (AvgIpc) is 2.30. The molecule has 0 radical (unpaired) electrons. The topological polar surface area (TPSA) is 72.8 Å². The number of carbonyl (C=O) groups is 2. The fraction of sp³-hybridized carbons (Fsp3) is 0.800. The number of methoxy groups -OCH3 is 1. The molecule has 5 nitrogen and oxygen atoms in total. The Morgan fingerprint density at radius 3 is 2.56 bits per heavy atom. The third-order valence-corrected chi connectivity index (χ3v) is 4.15. The summed E-state index contributed by atoms with van der Waals surface area (Å²) >= 11 is 1.32. The van der Waals surface area contributed by atoms with Gasteiger partial charge in [0.05, 0.1) is 13.5 Å². The molecular weight excluding hydrogens is 232 g/mol. The van der Waals surface area contributed by atoms with Crippen molar-refractivity contribution in [3.05, 3.63) is 0 Å². The molecule has 1 fully saturated rings. The normalized spacial score (nSPS) is 19.1. The number of hydrogen-bond donors (Lipinski definition) is 1. The molecule has 1 heterocycles. The minimum Gasteiger partial charge on any atom is -0.480 e. The number of rotatable bonds is 5. The molecule has 16 heavy (non-hydrogen) atoms. The van der Waals surface area contributed by atoms with Crippen molar-refractivity contribution in [1.82, 2.24) is 0 Å².